The summed E-state index contributed by atoms with van der Waals surface area (Å²) in [4.78, 5) is 2.27. The predicted octanol–water partition coefficient (Wildman–Crippen LogP) is 12.6. The van der Waals surface area contributed by atoms with Crippen LogP contribution in [0.25, 0.3) is 44.5 Å². The summed E-state index contributed by atoms with van der Waals surface area (Å²) in [6.07, 6.45) is 0. The van der Waals surface area contributed by atoms with Crippen molar-refractivity contribution in [1.82, 2.24) is 0 Å². The molecular formula is C54H36BNO2. The van der Waals surface area contributed by atoms with Crippen molar-refractivity contribution < 1.29 is 9.47 Å². The van der Waals surface area contributed by atoms with Gasteiger partial charge in [0, 0.05) is 29.0 Å². The van der Waals surface area contributed by atoms with Crippen LogP contribution in [0, 0.1) is 0 Å². The molecule has 0 amide bonds. The molecule has 2 aliphatic heterocycles. The summed E-state index contributed by atoms with van der Waals surface area (Å²) in [7, 11) is 0. The van der Waals surface area contributed by atoms with Gasteiger partial charge in [0.25, 0.3) is 6.71 Å². The molecule has 0 fully saturated rings. The molecule has 0 bridgehead atoms. The first kappa shape index (κ1) is 33.8. The van der Waals surface area contributed by atoms with E-state index in [2.05, 4.69) is 223 Å². The average molecular weight is 742 g/mol. The van der Waals surface area contributed by atoms with Gasteiger partial charge in [-0.15, -0.1) is 0 Å². The maximum atomic E-state index is 7.06. The molecule has 3 nitrogen and oxygen atoms in total. The van der Waals surface area contributed by atoms with E-state index in [-0.39, 0.29) is 6.71 Å². The Morgan fingerprint density at radius 3 is 1.07 bits per heavy atom. The standard InChI is InChI=1S/C54H36BNO2/c1-5-17-37(18-6-1)44-25-13-15-27-46(44)39-29-31-48-50(33-39)57-52-35-43(56(41-21-9-3-10-22-41)42-23-11-4-12-24-42)36-53-54(52)55(48)49-32-30-40(34-51(49)58-53)47-28-16-14-26-45(47)38-19-7-2-8-20-38/h1-36H. The van der Waals surface area contributed by atoms with Crippen LogP contribution < -0.4 is 30.8 Å². The summed E-state index contributed by atoms with van der Waals surface area (Å²) in [5.41, 5.74) is 15.6. The van der Waals surface area contributed by atoms with Gasteiger partial charge in [-0.25, -0.2) is 0 Å². The molecule has 0 unspecified atom stereocenters. The van der Waals surface area contributed by atoms with Gasteiger partial charge < -0.3 is 14.4 Å². The van der Waals surface area contributed by atoms with Gasteiger partial charge in [-0.1, -0.05) is 170 Å². The molecule has 0 saturated carbocycles. The van der Waals surface area contributed by atoms with Gasteiger partial charge in [0.1, 0.15) is 23.0 Å². The van der Waals surface area contributed by atoms with Gasteiger partial charge >= 0.3 is 0 Å². The number of ether oxygens (including phenoxy) is 2. The van der Waals surface area contributed by atoms with Crippen LogP contribution in [0.15, 0.2) is 218 Å². The van der Waals surface area contributed by atoms with Crippen molar-refractivity contribution in [2.45, 2.75) is 0 Å². The number of anilines is 3. The van der Waals surface area contributed by atoms with Crippen molar-refractivity contribution in [3.63, 3.8) is 0 Å². The van der Waals surface area contributed by atoms with Crippen LogP contribution in [0.1, 0.15) is 0 Å². The molecule has 0 spiro atoms. The molecule has 0 saturated heterocycles. The van der Waals surface area contributed by atoms with Crippen LogP contribution in [-0.2, 0) is 0 Å². The van der Waals surface area contributed by atoms with Crippen molar-refractivity contribution in [3.05, 3.63) is 218 Å². The zero-order chi connectivity index (χ0) is 38.4. The second-order valence-corrected chi connectivity index (χ2v) is 14.8. The fourth-order valence-corrected chi connectivity index (χ4v) is 8.75. The van der Waals surface area contributed by atoms with E-state index >= 15 is 0 Å². The van der Waals surface area contributed by atoms with E-state index in [9.17, 15) is 0 Å². The molecule has 272 valence electrons. The third-order valence-electron chi connectivity index (χ3n) is 11.4. The molecule has 0 aromatic heterocycles. The van der Waals surface area contributed by atoms with Gasteiger partial charge in [-0.05, 0) is 91.8 Å². The van der Waals surface area contributed by atoms with Crippen molar-refractivity contribution in [1.29, 1.82) is 0 Å². The lowest BCUT2D eigenvalue weighted by Crippen LogP contribution is -2.57. The Labute approximate surface area is 339 Å². The molecule has 9 aromatic rings. The molecule has 0 N–H and O–H groups in total. The lowest BCUT2D eigenvalue weighted by molar-refractivity contribution is 0.465. The minimum atomic E-state index is -0.0923. The minimum Gasteiger partial charge on any atom is -0.458 e. The second-order valence-electron chi connectivity index (χ2n) is 14.8. The summed E-state index contributed by atoms with van der Waals surface area (Å²) < 4.78 is 14.1. The summed E-state index contributed by atoms with van der Waals surface area (Å²) in [5, 5.41) is 0. The van der Waals surface area contributed by atoms with Crippen LogP contribution in [0.2, 0.25) is 0 Å². The van der Waals surface area contributed by atoms with E-state index in [0.29, 0.717) is 0 Å². The summed E-state index contributed by atoms with van der Waals surface area (Å²) in [6.45, 7) is -0.0923. The van der Waals surface area contributed by atoms with Crippen molar-refractivity contribution >= 4 is 40.2 Å². The molecule has 9 aromatic carbocycles. The summed E-state index contributed by atoms with van der Waals surface area (Å²) >= 11 is 0. The number of benzene rings is 9. The molecule has 0 aliphatic carbocycles. The van der Waals surface area contributed by atoms with Crippen molar-refractivity contribution in [2.75, 3.05) is 4.90 Å². The molecule has 2 aliphatic rings. The topological polar surface area (TPSA) is 21.7 Å². The maximum absolute atomic E-state index is 7.06. The Bertz CT molecular complexity index is 2750. The van der Waals surface area contributed by atoms with Gasteiger partial charge in [-0.3, -0.25) is 0 Å². The Morgan fingerprint density at radius 2 is 0.655 bits per heavy atom. The zero-order valence-electron chi connectivity index (χ0n) is 31.6. The first-order valence-corrected chi connectivity index (χ1v) is 19.8. The van der Waals surface area contributed by atoms with E-state index in [1.807, 2.05) is 0 Å². The SMILES string of the molecule is c1ccc(-c2ccccc2-c2ccc3c(c2)Oc2cc(N(c4ccccc4)c4ccccc4)cc4c2B3c2ccc(-c3ccccc3-c3ccccc3)cc2O4)cc1. The lowest BCUT2D eigenvalue weighted by atomic mass is 9.34. The zero-order valence-corrected chi connectivity index (χ0v) is 31.6. The molecule has 0 radical (unpaired) electrons. The summed E-state index contributed by atoms with van der Waals surface area (Å²) in [5.74, 6) is 3.27. The number of para-hydroxylation sites is 2. The van der Waals surface area contributed by atoms with Crippen LogP contribution in [0.3, 0.4) is 0 Å². The Morgan fingerprint density at radius 1 is 0.293 bits per heavy atom. The number of hydrogen-bond donors (Lipinski definition) is 0. The van der Waals surface area contributed by atoms with E-state index in [1.54, 1.807) is 0 Å². The molecule has 58 heavy (non-hydrogen) atoms. The highest BCUT2D eigenvalue weighted by Crippen LogP contribution is 2.44. The number of hydrogen-bond acceptors (Lipinski definition) is 3. The fourth-order valence-electron chi connectivity index (χ4n) is 8.75. The van der Waals surface area contributed by atoms with E-state index in [1.165, 1.54) is 22.3 Å². The highest BCUT2D eigenvalue weighted by Gasteiger charge is 2.41. The normalized spacial score (nSPS) is 12.0. The smallest absolute Gasteiger partial charge is 0.260 e. The molecule has 2 heterocycles. The second kappa shape index (κ2) is 14.2. The molecule has 4 heteroatoms. The van der Waals surface area contributed by atoms with Crippen LogP contribution >= 0.6 is 0 Å². The first-order chi connectivity index (χ1) is 28.8. The average Bonchev–Trinajstić information content (AvgIpc) is 3.30. The van der Waals surface area contributed by atoms with Crippen molar-refractivity contribution in [3.8, 4) is 67.5 Å². The van der Waals surface area contributed by atoms with Gasteiger partial charge in [0.05, 0.1) is 5.69 Å². The Balaban J connectivity index is 1.10. The Kier molecular flexibility index (Phi) is 8.26. The minimum absolute atomic E-state index is 0.0923. The van der Waals surface area contributed by atoms with E-state index < -0.39 is 0 Å². The van der Waals surface area contributed by atoms with E-state index in [4.69, 9.17) is 9.47 Å². The quantitative estimate of drug-likeness (QED) is 0.152. The van der Waals surface area contributed by atoms with E-state index in [0.717, 1.165) is 78.7 Å². The third-order valence-corrected chi connectivity index (χ3v) is 11.4. The maximum Gasteiger partial charge on any atom is 0.260 e. The lowest BCUT2D eigenvalue weighted by Gasteiger charge is -2.35. The number of fused-ring (bicyclic) bond motifs is 4. The number of rotatable bonds is 7. The van der Waals surface area contributed by atoms with Crippen LogP contribution in [0.4, 0.5) is 17.1 Å². The molecule has 11 rings (SSSR count). The molecule has 0 atom stereocenters. The Hall–Kier alpha value is -7.56. The fraction of sp³-hybridized carbons (Fsp3) is 0. The van der Waals surface area contributed by atoms with Crippen molar-refractivity contribution in [2.24, 2.45) is 0 Å². The van der Waals surface area contributed by atoms with Gasteiger partial charge in [-0.2, -0.15) is 0 Å². The first-order valence-electron chi connectivity index (χ1n) is 19.8. The largest absolute Gasteiger partial charge is 0.458 e. The summed E-state index contributed by atoms with van der Waals surface area (Å²) in [6, 6.07) is 77.2. The molecular weight excluding hydrogens is 705 g/mol. The monoisotopic (exact) mass is 741 g/mol. The van der Waals surface area contributed by atoms with Gasteiger partial charge in [0.15, 0.2) is 0 Å². The van der Waals surface area contributed by atoms with Gasteiger partial charge in [0.2, 0.25) is 0 Å². The number of nitrogens with zero attached hydrogens (tertiary/aromatic N) is 1. The van der Waals surface area contributed by atoms with Crippen LogP contribution in [0.5, 0.6) is 23.0 Å². The highest BCUT2D eigenvalue weighted by molar-refractivity contribution is 6.98. The third kappa shape index (κ3) is 5.86. The van der Waals surface area contributed by atoms with Crippen LogP contribution in [-0.4, -0.2) is 6.71 Å². The highest BCUT2D eigenvalue weighted by atomic mass is 16.5. The predicted molar refractivity (Wildman–Crippen MR) is 241 cm³/mol.